The molecule has 180 valence electrons. The second-order valence-corrected chi connectivity index (χ2v) is 8.88. The van der Waals surface area contributed by atoms with Crippen LogP contribution in [0, 0.1) is 0 Å². The van der Waals surface area contributed by atoms with Crippen molar-refractivity contribution in [3.8, 4) is 0 Å². The first kappa shape index (κ1) is 31.1. The number of nitrogens with zero attached hydrogens (tertiary/aromatic N) is 3. The van der Waals surface area contributed by atoms with Crippen molar-refractivity contribution in [1.82, 2.24) is 0 Å². The summed E-state index contributed by atoms with van der Waals surface area (Å²) in [6, 6.07) is 26.8. The molecule has 0 heterocycles. The van der Waals surface area contributed by atoms with Gasteiger partial charge in [-0.25, -0.2) is 24.3 Å². The fourth-order valence-electron chi connectivity index (χ4n) is 2.94. The molecule has 4 heteroatoms. The largest absolute Gasteiger partial charge is 0.550 e. The molecule has 0 spiro atoms. The molecule has 0 atom stereocenters. The molecular formula is C29H41N3Zr-4. The van der Waals surface area contributed by atoms with E-state index >= 15 is 0 Å². The normalized spacial score (nSPS) is 10.8. The molecule has 0 saturated heterocycles. The van der Waals surface area contributed by atoms with Crippen LogP contribution in [0.5, 0.6) is 0 Å². The van der Waals surface area contributed by atoms with E-state index in [1.165, 1.54) is 11.1 Å². The first-order valence-electron chi connectivity index (χ1n) is 11.7. The van der Waals surface area contributed by atoms with Crippen LogP contribution in [-0.4, -0.2) is 18.0 Å². The van der Waals surface area contributed by atoms with Gasteiger partial charge in [0.15, 0.2) is 0 Å². The zero-order valence-electron chi connectivity index (χ0n) is 21.7. The summed E-state index contributed by atoms with van der Waals surface area (Å²) in [5.41, 5.74) is 3.58. The number of benzene rings is 1. The predicted molar refractivity (Wildman–Crippen MR) is 143 cm³/mol. The number of rotatable bonds is 5. The Bertz CT molecular complexity index is 758. The summed E-state index contributed by atoms with van der Waals surface area (Å²) in [5, 5.41) is 9.46. The molecule has 33 heavy (non-hydrogen) atoms. The van der Waals surface area contributed by atoms with Crippen LogP contribution in [-0.2, 0) is 26.2 Å². The SMILES string of the molecule is CC(C)N=C([N-]c1c(C(C)C)cccc1C(C)C)[N-]C(C)C.[Zr].c1cc[cH-]c1.c1cc[cH-]c1. The zero-order valence-corrected chi connectivity index (χ0v) is 24.1. The third-order valence-corrected chi connectivity index (χ3v) is 4.41. The molecule has 0 aliphatic carbocycles. The Morgan fingerprint density at radius 1 is 0.697 bits per heavy atom. The van der Waals surface area contributed by atoms with Gasteiger partial charge in [-0.2, -0.15) is 42.4 Å². The van der Waals surface area contributed by atoms with E-state index in [2.05, 4.69) is 83.9 Å². The summed E-state index contributed by atoms with van der Waals surface area (Å²) in [6.07, 6.45) is 0. The molecule has 0 unspecified atom stereocenters. The van der Waals surface area contributed by atoms with E-state index in [-0.39, 0.29) is 38.3 Å². The molecule has 0 radical (unpaired) electrons. The molecule has 0 aliphatic heterocycles. The topological polar surface area (TPSA) is 40.6 Å². The van der Waals surface area contributed by atoms with Crippen molar-refractivity contribution >= 4 is 11.6 Å². The number of aliphatic imine (C=N–C) groups is 1. The minimum atomic E-state index is 0. The Morgan fingerprint density at radius 2 is 1.12 bits per heavy atom. The Labute approximate surface area is 222 Å². The Kier molecular flexibility index (Phi) is 16.5. The number of hydrogen-bond acceptors (Lipinski definition) is 1. The van der Waals surface area contributed by atoms with Gasteiger partial charge >= 0.3 is 0 Å². The van der Waals surface area contributed by atoms with E-state index in [0.717, 1.165) is 5.69 Å². The average molecular weight is 523 g/mol. The molecule has 3 aromatic carbocycles. The molecular weight excluding hydrogens is 482 g/mol. The monoisotopic (exact) mass is 521 g/mol. The van der Waals surface area contributed by atoms with Crippen LogP contribution in [0.4, 0.5) is 5.69 Å². The van der Waals surface area contributed by atoms with Gasteiger partial charge < -0.3 is 15.6 Å². The smallest absolute Gasteiger partial charge is 0 e. The van der Waals surface area contributed by atoms with Crippen molar-refractivity contribution in [3.63, 3.8) is 0 Å². The second-order valence-electron chi connectivity index (χ2n) is 8.88. The minimum absolute atomic E-state index is 0. The van der Waals surface area contributed by atoms with E-state index in [1.807, 2.05) is 60.7 Å². The van der Waals surface area contributed by atoms with Crippen molar-refractivity contribution in [2.24, 2.45) is 4.99 Å². The Balaban J connectivity index is 0.000000754. The van der Waals surface area contributed by atoms with Crippen LogP contribution in [0.15, 0.2) is 83.9 Å². The fourth-order valence-corrected chi connectivity index (χ4v) is 2.94. The van der Waals surface area contributed by atoms with E-state index < -0.39 is 0 Å². The first-order chi connectivity index (χ1) is 15.2. The van der Waals surface area contributed by atoms with Crippen molar-refractivity contribution in [2.75, 3.05) is 0 Å². The number of guanidine groups is 1. The quantitative estimate of drug-likeness (QED) is 0.182. The second kappa shape index (κ2) is 17.5. The number of hydrogen-bond donors (Lipinski definition) is 0. The van der Waals surface area contributed by atoms with Gasteiger partial charge in [0.1, 0.15) is 0 Å². The minimum Gasteiger partial charge on any atom is -0.550 e. The van der Waals surface area contributed by atoms with E-state index in [4.69, 9.17) is 5.32 Å². The van der Waals surface area contributed by atoms with Gasteiger partial charge in [-0.1, -0.05) is 91.4 Å². The van der Waals surface area contributed by atoms with Crippen LogP contribution in [0.3, 0.4) is 0 Å². The maximum atomic E-state index is 4.86. The Hall–Kier alpha value is -1.93. The van der Waals surface area contributed by atoms with Crippen LogP contribution < -0.4 is 0 Å². The molecule has 0 bridgehead atoms. The van der Waals surface area contributed by atoms with E-state index in [9.17, 15) is 0 Å². The third-order valence-electron chi connectivity index (χ3n) is 4.41. The summed E-state index contributed by atoms with van der Waals surface area (Å²) in [5.74, 6) is 1.47. The zero-order chi connectivity index (χ0) is 23.9. The maximum Gasteiger partial charge on any atom is 0 e. The van der Waals surface area contributed by atoms with Crippen LogP contribution in [0.25, 0.3) is 10.6 Å². The molecule has 0 saturated carbocycles. The standard InChI is InChI=1S/C19H31N3.2C5H5.Zr/c1-12(2)16-10-9-11-17(13(3)4)18(16)22-19(20-14(5)6)21-15(7)8;2*1-2-4-5-3-1;/h9-15H,1-8H3;2*1-5H;/q-2;2*-1;. The van der Waals surface area contributed by atoms with Gasteiger partial charge in [0, 0.05) is 26.2 Å². The van der Waals surface area contributed by atoms with Crippen molar-refractivity contribution in [3.05, 3.63) is 101 Å². The van der Waals surface area contributed by atoms with Crippen molar-refractivity contribution in [1.29, 1.82) is 0 Å². The van der Waals surface area contributed by atoms with Gasteiger partial charge in [0.2, 0.25) is 0 Å². The summed E-state index contributed by atoms with van der Waals surface area (Å²) in [7, 11) is 0. The summed E-state index contributed by atoms with van der Waals surface area (Å²) in [6.45, 7) is 17.1. The van der Waals surface area contributed by atoms with Crippen LogP contribution >= 0.6 is 0 Å². The maximum absolute atomic E-state index is 4.86. The molecule has 0 aliphatic rings. The van der Waals surface area contributed by atoms with Gasteiger partial charge in [-0.15, -0.1) is 0 Å². The van der Waals surface area contributed by atoms with E-state index in [1.54, 1.807) is 0 Å². The molecule has 0 fully saturated rings. The van der Waals surface area contributed by atoms with Gasteiger partial charge in [0.05, 0.1) is 0 Å². The summed E-state index contributed by atoms with van der Waals surface area (Å²) in [4.78, 5) is 4.60. The molecule has 0 N–H and O–H groups in total. The molecule has 3 aromatic rings. The summed E-state index contributed by atoms with van der Waals surface area (Å²) >= 11 is 0. The van der Waals surface area contributed by atoms with Crippen molar-refractivity contribution < 1.29 is 26.2 Å². The Morgan fingerprint density at radius 3 is 1.39 bits per heavy atom. The van der Waals surface area contributed by atoms with Crippen LogP contribution in [0.1, 0.15) is 78.4 Å². The fraction of sp³-hybridized carbons (Fsp3) is 0.414. The average Bonchev–Trinajstić information content (AvgIpc) is 3.45. The van der Waals surface area contributed by atoms with Gasteiger partial charge in [0.25, 0.3) is 0 Å². The van der Waals surface area contributed by atoms with Gasteiger partial charge in [-0.05, 0) is 23.0 Å². The molecule has 3 rings (SSSR count). The van der Waals surface area contributed by atoms with Crippen molar-refractivity contribution in [2.45, 2.75) is 79.3 Å². The summed E-state index contributed by atoms with van der Waals surface area (Å²) < 4.78 is 0. The van der Waals surface area contributed by atoms with E-state index in [0.29, 0.717) is 17.8 Å². The number of para-hydroxylation sites is 1. The molecule has 0 amide bonds. The third kappa shape index (κ3) is 13.4. The predicted octanol–water partition coefficient (Wildman–Crippen LogP) is 9.29. The van der Waals surface area contributed by atoms with Gasteiger partial charge in [-0.3, -0.25) is 0 Å². The molecule has 3 nitrogen and oxygen atoms in total. The molecule has 0 aromatic heterocycles. The first-order valence-corrected chi connectivity index (χ1v) is 11.7. The van der Waals surface area contributed by atoms with Crippen LogP contribution in [0.2, 0.25) is 0 Å².